The molecule has 3 rings (SSSR count). The minimum absolute atomic E-state index is 0.0409. The first-order valence-corrected chi connectivity index (χ1v) is 8.43. The largest absolute Gasteiger partial charge is 0.497 e. The smallest absolute Gasteiger partial charge is 0.257 e. The van der Waals surface area contributed by atoms with Crippen molar-refractivity contribution in [1.29, 1.82) is 0 Å². The number of H-pyrrole nitrogens is 1. The molecule has 0 unspecified atom stereocenters. The fraction of sp³-hybridized carbons (Fsp3) is 0.333. The maximum Gasteiger partial charge on any atom is 0.257 e. The number of rotatable bonds is 6. The van der Waals surface area contributed by atoms with Gasteiger partial charge in [0.25, 0.3) is 5.91 Å². The van der Waals surface area contributed by atoms with Gasteiger partial charge in [0.15, 0.2) is 5.82 Å². The SMILES string of the molecule is CCCn1cnnc1[C@H](C)NC(=O)c1c[nH]c2ccc(OC)cc2c1=O. The van der Waals surface area contributed by atoms with Gasteiger partial charge in [-0.05, 0) is 31.5 Å². The molecule has 8 heteroatoms. The van der Waals surface area contributed by atoms with Crippen molar-refractivity contribution in [2.24, 2.45) is 0 Å². The predicted molar refractivity (Wildman–Crippen MR) is 97.3 cm³/mol. The molecule has 2 heterocycles. The van der Waals surface area contributed by atoms with Gasteiger partial charge in [-0.15, -0.1) is 10.2 Å². The number of nitrogens with one attached hydrogen (secondary N) is 2. The van der Waals surface area contributed by atoms with Crippen LogP contribution in [0.5, 0.6) is 5.75 Å². The molecule has 0 spiro atoms. The van der Waals surface area contributed by atoms with Crippen molar-refractivity contribution in [2.45, 2.75) is 32.9 Å². The van der Waals surface area contributed by atoms with Gasteiger partial charge in [-0.1, -0.05) is 6.92 Å². The summed E-state index contributed by atoms with van der Waals surface area (Å²) in [7, 11) is 1.53. The molecule has 3 aromatic rings. The van der Waals surface area contributed by atoms with Crippen molar-refractivity contribution in [1.82, 2.24) is 25.1 Å². The van der Waals surface area contributed by atoms with E-state index >= 15 is 0 Å². The van der Waals surface area contributed by atoms with E-state index in [1.807, 2.05) is 11.5 Å². The van der Waals surface area contributed by atoms with Gasteiger partial charge >= 0.3 is 0 Å². The Kier molecular flexibility index (Phi) is 5.01. The lowest BCUT2D eigenvalue weighted by Gasteiger charge is -2.14. The van der Waals surface area contributed by atoms with E-state index in [4.69, 9.17) is 4.74 Å². The van der Waals surface area contributed by atoms with Crippen LogP contribution in [0.25, 0.3) is 10.9 Å². The molecule has 0 saturated heterocycles. The first-order valence-electron chi connectivity index (χ1n) is 8.43. The summed E-state index contributed by atoms with van der Waals surface area (Å²) in [6, 6.07) is 4.73. The van der Waals surface area contributed by atoms with Crippen LogP contribution < -0.4 is 15.5 Å². The van der Waals surface area contributed by atoms with E-state index in [0.717, 1.165) is 13.0 Å². The van der Waals surface area contributed by atoms with Crippen molar-refractivity contribution >= 4 is 16.8 Å². The van der Waals surface area contributed by atoms with E-state index in [1.165, 1.54) is 13.3 Å². The summed E-state index contributed by atoms with van der Waals surface area (Å²) in [5, 5.41) is 11.2. The second-order valence-electron chi connectivity index (χ2n) is 6.02. The number of hydrogen-bond donors (Lipinski definition) is 2. The van der Waals surface area contributed by atoms with Gasteiger partial charge in [-0.3, -0.25) is 9.59 Å². The Morgan fingerprint density at radius 1 is 1.42 bits per heavy atom. The number of aryl methyl sites for hydroxylation is 1. The Hall–Kier alpha value is -3.16. The van der Waals surface area contributed by atoms with Crippen LogP contribution in [0.2, 0.25) is 0 Å². The van der Waals surface area contributed by atoms with Crippen LogP contribution >= 0.6 is 0 Å². The summed E-state index contributed by atoms with van der Waals surface area (Å²) in [4.78, 5) is 28.3. The Morgan fingerprint density at radius 3 is 2.96 bits per heavy atom. The molecule has 0 bridgehead atoms. The summed E-state index contributed by atoms with van der Waals surface area (Å²) >= 11 is 0. The maximum absolute atomic E-state index is 12.7. The molecule has 0 radical (unpaired) electrons. The van der Waals surface area contributed by atoms with E-state index in [1.54, 1.807) is 24.5 Å². The minimum atomic E-state index is -0.463. The zero-order valence-electron chi connectivity index (χ0n) is 14.9. The molecular formula is C18H21N5O3. The molecule has 26 heavy (non-hydrogen) atoms. The summed E-state index contributed by atoms with van der Waals surface area (Å²) in [6.45, 7) is 4.63. The third kappa shape index (κ3) is 3.30. The molecule has 0 saturated carbocycles. The fourth-order valence-corrected chi connectivity index (χ4v) is 2.84. The van der Waals surface area contributed by atoms with Gasteiger partial charge in [0.05, 0.1) is 13.2 Å². The highest BCUT2D eigenvalue weighted by atomic mass is 16.5. The van der Waals surface area contributed by atoms with Gasteiger partial charge in [-0.2, -0.15) is 0 Å². The Morgan fingerprint density at radius 2 is 2.23 bits per heavy atom. The summed E-state index contributed by atoms with van der Waals surface area (Å²) in [5.74, 6) is 0.746. The van der Waals surface area contributed by atoms with Gasteiger partial charge in [0.1, 0.15) is 17.6 Å². The molecule has 0 aliphatic heterocycles. The number of methoxy groups -OCH3 is 1. The molecule has 1 atom stereocenters. The minimum Gasteiger partial charge on any atom is -0.497 e. The number of nitrogens with zero attached hydrogens (tertiary/aromatic N) is 3. The highest BCUT2D eigenvalue weighted by Crippen LogP contribution is 2.17. The quantitative estimate of drug-likeness (QED) is 0.704. The van der Waals surface area contributed by atoms with Crippen LogP contribution in [0.3, 0.4) is 0 Å². The predicted octanol–water partition coefficient (Wildman–Crippen LogP) is 2.03. The average Bonchev–Trinajstić information content (AvgIpc) is 3.10. The molecule has 0 aliphatic carbocycles. The standard InChI is InChI=1S/C18H21N5O3/c1-4-7-23-10-20-22-17(23)11(2)21-18(25)14-9-19-15-6-5-12(26-3)8-13(15)16(14)24/h5-6,8-11H,4,7H2,1-3H3,(H,19,24)(H,21,25)/t11-/m0/s1. The number of benzene rings is 1. The number of hydrogen-bond acceptors (Lipinski definition) is 5. The van der Waals surface area contributed by atoms with Crippen molar-refractivity contribution in [2.75, 3.05) is 7.11 Å². The average molecular weight is 355 g/mol. The van der Waals surface area contributed by atoms with Gasteiger partial charge in [0, 0.05) is 23.6 Å². The number of ether oxygens (including phenoxy) is 1. The van der Waals surface area contributed by atoms with Crippen molar-refractivity contribution in [3.8, 4) is 5.75 Å². The van der Waals surface area contributed by atoms with Crippen LogP contribution in [0, 0.1) is 0 Å². The van der Waals surface area contributed by atoms with Gasteiger partial charge in [-0.25, -0.2) is 0 Å². The zero-order valence-corrected chi connectivity index (χ0v) is 14.9. The summed E-state index contributed by atoms with van der Waals surface area (Å²) in [5.41, 5.74) is 0.333. The molecular weight excluding hydrogens is 334 g/mol. The van der Waals surface area contributed by atoms with E-state index in [9.17, 15) is 9.59 Å². The maximum atomic E-state index is 12.7. The number of aromatic nitrogens is 4. The number of pyridine rings is 1. The highest BCUT2D eigenvalue weighted by molar-refractivity contribution is 5.97. The molecule has 8 nitrogen and oxygen atoms in total. The Balaban J connectivity index is 1.89. The molecule has 0 fully saturated rings. The number of carbonyl (C=O) groups excluding carboxylic acids is 1. The summed E-state index contributed by atoms with van der Waals surface area (Å²) < 4.78 is 7.05. The second kappa shape index (κ2) is 7.38. The van der Waals surface area contributed by atoms with Gasteiger partial charge in [0.2, 0.25) is 5.43 Å². The molecule has 136 valence electrons. The van der Waals surface area contributed by atoms with Crippen molar-refractivity contribution in [3.05, 3.63) is 52.3 Å². The molecule has 0 aliphatic rings. The third-order valence-electron chi connectivity index (χ3n) is 4.18. The third-order valence-corrected chi connectivity index (χ3v) is 4.18. The summed E-state index contributed by atoms with van der Waals surface area (Å²) in [6.07, 6.45) is 3.99. The topological polar surface area (TPSA) is 102 Å². The van der Waals surface area contributed by atoms with E-state index in [0.29, 0.717) is 22.5 Å². The monoisotopic (exact) mass is 355 g/mol. The fourth-order valence-electron chi connectivity index (χ4n) is 2.84. The highest BCUT2D eigenvalue weighted by Gasteiger charge is 2.19. The van der Waals surface area contributed by atoms with Gasteiger partial charge < -0.3 is 19.6 Å². The van der Waals surface area contributed by atoms with Crippen molar-refractivity contribution < 1.29 is 9.53 Å². The van der Waals surface area contributed by atoms with Crippen LogP contribution in [0.4, 0.5) is 0 Å². The number of fused-ring (bicyclic) bond motifs is 1. The Labute approximate surface area is 150 Å². The van der Waals surface area contributed by atoms with Crippen LogP contribution in [-0.2, 0) is 6.54 Å². The van der Waals surface area contributed by atoms with Crippen LogP contribution in [0.15, 0.2) is 35.5 Å². The molecule has 1 aromatic carbocycles. The number of amides is 1. The molecule has 2 aromatic heterocycles. The van der Waals surface area contributed by atoms with Crippen LogP contribution in [-0.4, -0.2) is 32.8 Å². The molecule has 2 N–H and O–H groups in total. The first-order chi connectivity index (χ1) is 12.5. The lowest BCUT2D eigenvalue weighted by atomic mass is 10.1. The van der Waals surface area contributed by atoms with E-state index in [-0.39, 0.29) is 17.0 Å². The number of carbonyl (C=O) groups is 1. The normalized spacial score (nSPS) is 12.1. The van der Waals surface area contributed by atoms with Crippen molar-refractivity contribution in [3.63, 3.8) is 0 Å². The Bertz CT molecular complexity index is 992. The first kappa shape index (κ1) is 17.7. The zero-order chi connectivity index (χ0) is 18.7. The molecule has 1 amide bonds. The van der Waals surface area contributed by atoms with E-state index in [2.05, 4.69) is 27.4 Å². The lowest BCUT2D eigenvalue weighted by Crippen LogP contribution is -2.32. The second-order valence-corrected chi connectivity index (χ2v) is 6.02. The van der Waals surface area contributed by atoms with E-state index < -0.39 is 5.91 Å². The lowest BCUT2D eigenvalue weighted by molar-refractivity contribution is 0.0936. The van der Waals surface area contributed by atoms with Crippen LogP contribution in [0.1, 0.15) is 42.5 Å². The number of aromatic amines is 1.